The molecule has 0 bridgehead atoms. The lowest BCUT2D eigenvalue weighted by Crippen LogP contribution is -2.43. The minimum atomic E-state index is -1.25. The van der Waals surface area contributed by atoms with Crippen LogP contribution in [0.1, 0.15) is 21.5 Å². The summed E-state index contributed by atoms with van der Waals surface area (Å²) in [5, 5.41) is 19.6. The van der Waals surface area contributed by atoms with E-state index in [9.17, 15) is 9.59 Å². The monoisotopic (exact) mass is 243 g/mol. The molecule has 0 unspecified atom stereocenters. The van der Waals surface area contributed by atoms with E-state index in [-0.39, 0.29) is 0 Å². The molecule has 88 valence electrons. The van der Waals surface area contributed by atoms with E-state index in [1.807, 2.05) is 13.0 Å². The van der Waals surface area contributed by atoms with Gasteiger partial charge >= 0.3 is 5.97 Å². The first-order valence-electron chi connectivity index (χ1n) is 4.81. The zero-order valence-corrected chi connectivity index (χ0v) is 9.58. The van der Waals surface area contributed by atoms with Crippen molar-refractivity contribution >= 4 is 23.2 Å². The second-order valence-corrected chi connectivity index (χ2v) is 4.33. The molecule has 0 aliphatic rings. The van der Waals surface area contributed by atoms with E-state index < -0.39 is 24.5 Å². The minimum Gasteiger partial charge on any atom is -0.480 e. The second kappa shape index (κ2) is 5.62. The fourth-order valence-electron chi connectivity index (χ4n) is 1.10. The summed E-state index contributed by atoms with van der Waals surface area (Å²) >= 11 is 1.32. The van der Waals surface area contributed by atoms with Crippen molar-refractivity contribution in [2.75, 3.05) is 6.61 Å². The van der Waals surface area contributed by atoms with Crippen molar-refractivity contribution in [3.63, 3.8) is 0 Å². The van der Waals surface area contributed by atoms with Crippen molar-refractivity contribution in [3.05, 3.63) is 21.9 Å². The highest BCUT2D eigenvalue weighted by atomic mass is 32.1. The maximum atomic E-state index is 11.6. The van der Waals surface area contributed by atoms with Crippen molar-refractivity contribution < 1.29 is 19.8 Å². The first kappa shape index (κ1) is 12.7. The van der Waals surface area contributed by atoms with E-state index in [2.05, 4.69) is 5.32 Å². The Hall–Kier alpha value is -1.40. The van der Waals surface area contributed by atoms with Crippen LogP contribution in [0.25, 0.3) is 0 Å². The highest BCUT2D eigenvalue weighted by Gasteiger charge is 2.20. The molecule has 1 heterocycles. The number of rotatable bonds is 5. The minimum absolute atomic E-state index is 0.455. The lowest BCUT2D eigenvalue weighted by Gasteiger charge is -2.10. The summed E-state index contributed by atoms with van der Waals surface area (Å²) in [6.45, 7) is 1.36. The summed E-state index contributed by atoms with van der Waals surface area (Å²) in [6.07, 6.45) is 0.834. The molecule has 0 aliphatic heterocycles. The number of aliphatic hydroxyl groups excluding tert-OH is 1. The van der Waals surface area contributed by atoms with Gasteiger partial charge in [-0.3, -0.25) is 4.79 Å². The molecule has 1 rings (SSSR count). The average molecular weight is 243 g/mol. The number of carbonyl (C=O) groups is 2. The quantitative estimate of drug-likeness (QED) is 0.702. The van der Waals surface area contributed by atoms with Gasteiger partial charge in [-0.15, -0.1) is 11.3 Å². The van der Waals surface area contributed by atoms with Crippen LogP contribution in [-0.4, -0.2) is 34.7 Å². The summed E-state index contributed by atoms with van der Waals surface area (Å²) < 4.78 is 0. The third kappa shape index (κ3) is 3.04. The third-order valence-corrected chi connectivity index (χ3v) is 3.25. The number of aliphatic hydroxyl groups is 1. The van der Waals surface area contributed by atoms with Crippen LogP contribution < -0.4 is 5.32 Å². The van der Waals surface area contributed by atoms with Gasteiger partial charge in [0.25, 0.3) is 5.91 Å². The van der Waals surface area contributed by atoms with Crippen LogP contribution in [0, 0.1) is 0 Å². The van der Waals surface area contributed by atoms with Crippen molar-refractivity contribution in [1.82, 2.24) is 5.32 Å². The highest BCUT2D eigenvalue weighted by Crippen LogP contribution is 2.16. The number of hydrogen-bond acceptors (Lipinski definition) is 4. The standard InChI is InChI=1S/C10H13NO4S/c1-2-6-3-4-8(16-6)9(13)11-7(5-12)10(14)15/h3-4,7,12H,2,5H2,1H3,(H,11,13)(H,14,15)/t7-/m0/s1. The van der Waals surface area contributed by atoms with Gasteiger partial charge in [-0.05, 0) is 18.6 Å². The summed E-state index contributed by atoms with van der Waals surface area (Å²) in [7, 11) is 0. The Bertz CT molecular complexity index is 388. The molecule has 1 atom stereocenters. The van der Waals surface area contributed by atoms with Crippen LogP contribution in [0.4, 0.5) is 0 Å². The molecule has 1 amide bonds. The van der Waals surface area contributed by atoms with E-state index in [1.165, 1.54) is 11.3 Å². The predicted octanol–water partition coefficient (Wildman–Crippen LogP) is 0.486. The number of carbonyl (C=O) groups excluding carboxylic acids is 1. The molecule has 0 aliphatic carbocycles. The van der Waals surface area contributed by atoms with Gasteiger partial charge in [0.2, 0.25) is 0 Å². The Morgan fingerprint density at radius 3 is 2.62 bits per heavy atom. The lowest BCUT2D eigenvalue weighted by molar-refractivity contribution is -0.140. The Morgan fingerprint density at radius 2 is 2.19 bits per heavy atom. The fourth-order valence-corrected chi connectivity index (χ4v) is 1.96. The van der Waals surface area contributed by atoms with Gasteiger partial charge in [-0.1, -0.05) is 6.92 Å². The van der Waals surface area contributed by atoms with Gasteiger partial charge in [-0.25, -0.2) is 4.79 Å². The van der Waals surface area contributed by atoms with Crippen molar-refractivity contribution in [1.29, 1.82) is 0 Å². The van der Waals surface area contributed by atoms with Gasteiger partial charge < -0.3 is 15.5 Å². The Kier molecular flexibility index (Phi) is 4.45. The Labute approximate surface area is 96.7 Å². The van der Waals surface area contributed by atoms with Crippen molar-refractivity contribution in [2.24, 2.45) is 0 Å². The predicted molar refractivity (Wildman–Crippen MR) is 59.7 cm³/mol. The molecule has 0 spiro atoms. The molecule has 3 N–H and O–H groups in total. The average Bonchev–Trinajstić information content (AvgIpc) is 2.73. The molecule has 0 fully saturated rings. The molecule has 0 saturated heterocycles. The molecule has 0 aromatic carbocycles. The molecular weight excluding hydrogens is 230 g/mol. The summed E-state index contributed by atoms with van der Waals surface area (Å²) in [4.78, 5) is 23.7. The molecule has 1 aromatic heterocycles. The zero-order valence-electron chi connectivity index (χ0n) is 8.77. The van der Waals surface area contributed by atoms with E-state index in [4.69, 9.17) is 10.2 Å². The Morgan fingerprint density at radius 1 is 1.50 bits per heavy atom. The number of carboxylic acid groups (broad SMARTS) is 1. The number of amides is 1. The summed E-state index contributed by atoms with van der Waals surface area (Å²) in [5.41, 5.74) is 0. The van der Waals surface area contributed by atoms with Crippen LogP contribution >= 0.6 is 11.3 Å². The molecular formula is C10H13NO4S. The van der Waals surface area contributed by atoms with Crippen LogP contribution in [0.15, 0.2) is 12.1 Å². The van der Waals surface area contributed by atoms with Crippen LogP contribution in [-0.2, 0) is 11.2 Å². The van der Waals surface area contributed by atoms with Gasteiger partial charge in [0.15, 0.2) is 6.04 Å². The molecule has 6 heteroatoms. The summed E-state index contributed by atoms with van der Waals surface area (Å²) in [6, 6.07) is 2.23. The van der Waals surface area contributed by atoms with Gasteiger partial charge in [0.1, 0.15) is 0 Å². The number of thiophene rings is 1. The van der Waals surface area contributed by atoms with Crippen molar-refractivity contribution in [3.8, 4) is 0 Å². The van der Waals surface area contributed by atoms with E-state index in [0.717, 1.165) is 11.3 Å². The molecule has 0 radical (unpaired) electrons. The van der Waals surface area contributed by atoms with Crippen LogP contribution in [0.3, 0.4) is 0 Å². The summed E-state index contributed by atoms with van der Waals surface area (Å²) in [5.74, 6) is -1.71. The maximum absolute atomic E-state index is 11.6. The van der Waals surface area contributed by atoms with E-state index in [0.29, 0.717) is 4.88 Å². The smallest absolute Gasteiger partial charge is 0.328 e. The lowest BCUT2D eigenvalue weighted by atomic mass is 10.3. The maximum Gasteiger partial charge on any atom is 0.328 e. The number of nitrogens with one attached hydrogen (secondary N) is 1. The first-order valence-corrected chi connectivity index (χ1v) is 5.63. The fraction of sp³-hybridized carbons (Fsp3) is 0.400. The SMILES string of the molecule is CCc1ccc(C(=O)N[C@@H](CO)C(=O)O)s1. The Balaban J connectivity index is 2.67. The van der Waals surface area contributed by atoms with Gasteiger partial charge in [0.05, 0.1) is 11.5 Å². The van der Waals surface area contributed by atoms with Gasteiger partial charge in [-0.2, -0.15) is 0 Å². The number of hydrogen-bond donors (Lipinski definition) is 3. The first-order chi connectivity index (χ1) is 7.58. The second-order valence-electron chi connectivity index (χ2n) is 3.17. The molecule has 0 saturated carbocycles. The van der Waals surface area contributed by atoms with E-state index >= 15 is 0 Å². The van der Waals surface area contributed by atoms with Crippen LogP contribution in [0.5, 0.6) is 0 Å². The third-order valence-electron chi connectivity index (χ3n) is 2.02. The number of aliphatic carboxylic acids is 1. The highest BCUT2D eigenvalue weighted by molar-refractivity contribution is 7.14. The van der Waals surface area contributed by atoms with Crippen molar-refractivity contribution in [2.45, 2.75) is 19.4 Å². The molecule has 1 aromatic rings. The number of aryl methyl sites for hydroxylation is 1. The normalized spacial score (nSPS) is 12.1. The molecule has 16 heavy (non-hydrogen) atoms. The zero-order chi connectivity index (χ0) is 12.1. The topological polar surface area (TPSA) is 86.6 Å². The largest absolute Gasteiger partial charge is 0.480 e. The van der Waals surface area contributed by atoms with Crippen LogP contribution in [0.2, 0.25) is 0 Å². The van der Waals surface area contributed by atoms with E-state index in [1.54, 1.807) is 6.07 Å². The number of carboxylic acids is 1. The molecule has 5 nitrogen and oxygen atoms in total. The van der Waals surface area contributed by atoms with Gasteiger partial charge in [0, 0.05) is 4.88 Å².